The summed E-state index contributed by atoms with van der Waals surface area (Å²) in [4.78, 5) is 5.56. The molecule has 0 bridgehead atoms. The Kier molecular flexibility index (Phi) is 4.38. The number of halogens is 2. The van der Waals surface area contributed by atoms with Crippen LogP contribution >= 0.6 is 27.3 Å². The standard InChI is InChI=1S/C14H16BrFN2S/c1-14(2,3)18-8-10-7-17-13(19-10)9-4-5-12(16)11(15)6-9/h4-7,18H,8H2,1-3H3. The van der Waals surface area contributed by atoms with Gasteiger partial charge in [-0.2, -0.15) is 0 Å². The van der Waals surface area contributed by atoms with E-state index >= 15 is 0 Å². The van der Waals surface area contributed by atoms with Gasteiger partial charge >= 0.3 is 0 Å². The Bertz CT molecular complexity index is 575. The van der Waals surface area contributed by atoms with Gasteiger partial charge in [-0.15, -0.1) is 11.3 Å². The Labute approximate surface area is 125 Å². The molecule has 0 fully saturated rings. The molecule has 0 atom stereocenters. The molecule has 0 aliphatic carbocycles. The Balaban J connectivity index is 2.14. The highest BCUT2D eigenvalue weighted by molar-refractivity contribution is 9.10. The molecule has 5 heteroatoms. The summed E-state index contributed by atoms with van der Waals surface area (Å²) >= 11 is 4.82. The van der Waals surface area contributed by atoms with Crippen molar-refractivity contribution in [3.05, 3.63) is 39.6 Å². The van der Waals surface area contributed by atoms with Crippen molar-refractivity contribution in [2.24, 2.45) is 0 Å². The summed E-state index contributed by atoms with van der Waals surface area (Å²) in [5.74, 6) is -0.255. The minimum Gasteiger partial charge on any atom is -0.307 e. The Morgan fingerprint density at radius 3 is 2.74 bits per heavy atom. The van der Waals surface area contributed by atoms with Crippen LogP contribution in [-0.4, -0.2) is 10.5 Å². The molecule has 2 aromatic rings. The molecule has 2 nitrogen and oxygen atoms in total. The summed E-state index contributed by atoms with van der Waals surface area (Å²) in [6.07, 6.45) is 1.87. The van der Waals surface area contributed by atoms with Crippen molar-refractivity contribution >= 4 is 27.3 Å². The zero-order valence-electron chi connectivity index (χ0n) is 11.1. The Hall–Kier alpha value is -0.780. The second kappa shape index (κ2) is 5.69. The second-order valence-electron chi connectivity index (χ2n) is 5.36. The predicted molar refractivity (Wildman–Crippen MR) is 81.8 cm³/mol. The first-order chi connectivity index (χ1) is 8.85. The molecule has 1 aromatic heterocycles. The zero-order valence-corrected chi connectivity index (χ0v) is 13.5. The van der Waals surface area contributed by atoms with Crippen LogP contribution in [0.25, 0.3) is 10.6 Å². The molecule has 0 unspecified atom stereocenters. The number of benzene rings is 1. The van der Waals surface area contributed by atoms with E-state index in [1.165, 1.54) is 10.9 Å². The minimum atomic E-state index is -0.255. The smallest absolute Gasteiger partial charge is 0.137 e. The molecule has 1 N–H and O–H groups in total. The van der Waals surface area contributed by atoms with Gasteiger partial charge in [-0.1, -0.05) is 0 Å². The zero-order chi connectivity index (χ0) is 14.0. The van der Waals surface area contributed by atoms with Gasteiger partial charge in [0.15, 0.2) is 0 Å². The van der Waals surface area contributed by atoms with Gasteiger partial charge in [-0.25, -0.2) is 9.37 Å². The quantitative estimate of drug-likeness (QED) is 0.881. The molecule has 0 saturated carbocycles. The lowest BCUT2D eigenvalue weighted by Gasteiger charge is -2.19. The van der Waals surface area contributed by atoms with E-state index in [-0.39, 0.29) is 11.4 Å². The van der Waals surface area contributed by atoms with Crippen molar-refractivity contribution in [2.75, 3.05) is 0 Å². The van der Waals surface area contributed by atoms with Crippen LogP contribution in [0.15, 0.2) is 28.9 Å². The Morgan fingerprint density at radius 2 is 2.11 bits per heavy atom. The molecule has 0 aliphatic heterocycles. The van der Waals surface area contributed by atoms with E-state index in [0.29, 0.717) is 4.47 Å². The van der Waals surface area contributed by atoms with Crippen LogP contribution in [-0.2, 0) is 6.54 Å². The minimum absolute atomic E-state index is 0.0864. The molecule has 1 heterocycles. The summed E-state index contributed by atoms with van der Waals surface area (Å²) in [5, 5.41) is 4.33. The van der Waals surface area contributed by atoms with E-state index in [0.717, 1.165) is 17.1 Å². The summed E-state index contributed by atoms with van der Waals surface area (Å²) in [5.41, 5.74) is 1.02. The van der Waals surface area contributed by atoms with Crippen molar-refractivity contribution in [1.29, 1.82) is 0 Å². The summed E-state index contributed by atoms with van der Waals surface area (Å²) in [7, 11) is 0. The van der Waals surface area contributed by atoms with E-state index in [1.54, 1.807) is 23.5 Å². The van der Waals surface area contributed by atoms with Crippen LogP contribution in [0.1, 0.15) is 25.6 Å². The highest BCUT2D eigenvalue weighted by Gasteiger charge is 2.11. The highest BCUT2D eigenvalue weighted by Crippen LogP contribution is 2.28. The lowest BCUT2D eigenvalue weighted by Crippen LogP contribution is -2.34. The molecule has 1 aromatic carbocycles. The molecule has 102 valence electrons. The average Bonchev–Trinajstić information content (AvgIpc) is 2.78. The molecule has 0 saturated heterocycles. The number of nitrogens with zero attached hydrogens (tertiary/aromatic N) is 1. The maximum absolute atomic E-state index is 13.2. The fraction of sp³-hybridized carbons (Fsp3) is 0.357. The van der Waals surface area contributed by atoms with Gasteiger partial charge in [0.1, 0.15) is 10.8 Å². The molecule has 0 radical (unpaired) electrons. The summed E-state index contributed by atoms with van der Waals surface area (Å²) < 4.78 is 13.7. The molecule has 19 heavy (non-hydrogen) atoms. The van der Waals surface area contributed by atoms with E-state index < -0.39 is 0 Å². The van der Waals surface area contributed by atoms with Crippen LogP contribution in [0.2, 0.25) is 0 Å². The van der Waals surface area contributed by atoms with Gasteiger partial charge in [0.05, 0.1) is 4.47 Å². The third-order valence-corrected chi connectivity index (χ3v) is 4.17. The van der Waals surface area contributed by atoms with Gasteiger partial charge in [-0.3, -0.25) is 0 Å². The summed E-state index contributed by atoms with van der Waals surface area (Å²) in [6.45, 7) is 7.19. The molecule has 2 rings (SSSR count). The van der Waals surface area contributed by atoms with Crippen LogP contribution in [0.4, 0.5) is 4.39 Å². The third-order valence-electron chi connectivity index (χ3n) is 2.51. The van der Waals surface area contributed by atoms with Crippen molar-refractivity contribution in [3.8, 4) is 10.6 Å². The first kappa shape index (κ1) is 14.6. The molecular weight excluding hydrogens is 327 g/mol. The SMILES string of the molecule is CC(C)(C)NCc1cnc(-c2ccc(F)c(Br)c2)s1. The van der Waals surface area contributed by atoms with Crippen molar-refractivity contribution < 1.29 is 4.39 Å². The lowest BCUT2D eigenvalue weighted by atomic mass is 10.1. The summed E-state index contributed by atoms with van der Waals surface area (Å²) in [6, 6.07) is 4.96. The predicted octanol–water partition coefficient (Wildman–Crippen LogP) is 4.60. The van der Waals surface area contributed by atoms with Crippen molar-refractivity contribution in [3.63, 3.8) is 0 Å². The van der Waals surface area contributed by atoms with Gasteiger partial charge < -0.3 is 5.32 Å². The van der Waals surface area contributed by atoms with Crippen LogP contribution in [0.5, 0.6) is 0 Å². The van der Waals surface area contributed by atoms with E-state index in [4.69, 9.17) is 0 Å². The van der Waals surface area contributed by atoms with Crippen molar-refractivity contribution in [2.45, 2.75) is 32.9 Å². The average molecular weight is 343 g/mol. The largest absolute Gasteiger partial charge is 0.307 e. The lowest BCUT2D eigenvalue weighted by molar-refractivity contribution is 0.426. The number of nitrogens with one attached hydrogen (secondary N) is 1. The number of aromatic nitrogens is 1. The number of rotatable bonds is 3. The molecular formula is C14H16BrFN2S. The normalized spacial score (nSPS) is 11.8. The fourth-order valence-corrected chi connectivity index (χ4v) is 2.73. The number of hydrogen-bond acceptors (Lipinski definition) is 3. The van der Waals surface area contributed by atoms with E-state index in [1.807, 2.05) is 6.20 Å². The fourth-order valence-electron chi connectivity index (χ4n) is 1.50. The molecule has 0 spiro atoms. The van der Waals surface area contributed by atoms with Gasteiger partial charge in [0.2, 0.25) is 0 Å². The topological polar surface area (TPSA) is 24.9 Å². The van der Waals surface area contributed by atoms with E-state index in [2.05, 4.69) is 47.0 Å². The molecule has 0 aliphatic rings. The second-order valence-corrected chi connectivity index (χ2v) is 7.33. The highest BCUT2D eigenvalue weighted by atomic mass is 79.9. The first-order valence-electron chi connectivity index (χ1n) is 6.00. The van der Waals surface area contributed by atoms with Gasteiger partial charge in [0.25, 0.3) is 0 Å². The van der Waals surface area contributed by atoms with Crippen molar-refractivity contribution in [1.82, 2.24) is 10.3 Å². The van der Waals surface area contributed by atoms with Crippen LogP contribution in [0, 0.1) is 5.82 Å². The maximum Gasteiger partial charge on any atom is 0.137 e. The van der Waals surface area contributed by atoms with Crippen LogP contribution < -0.4 is 5.32 Å². The number of hydrogen-bond donors (Lipinski definition) is 1. The molecule has 0 amide bonds. The van der Waals surface area contributed by atoms with Crippen LogP contribution in [0.3, 0.4) is 0 Å². The van der Waals surface area contributed by atoms with Gasteiger partial charge in [0, 0.05) is 28.7 Å². The van der Waals surface area contributed by atoms with E-state index in [9.17, 15) is 4.39 Å². The van der Waals surface area contributed by atoms with Gasteiger partial charge in [-0.05, 0) is 54.9 Å². The number of thiazole rings is 1. The maximum atomic E-state index is 13.2. The first-order valence-corrected chi connectivity index (χ1v) is 7.61. The Morgan fingerprint density at radius 1 is 1.37 bits per heavy atom. The monoisotopic (exact) mass is 342 g/mol. The third kappa shape index (κ3) is 4.09.